The number of hydrogen-bond donors (Lipinski definition) is 2. The lowest BCUT2D eigenvalue weighted by Crippen LogP contribution is -1.98. The zero-order valence-electron chi connectivity index (χ0n) is 6.88. The Bertz CT molecular complexity index is 406. The number of benzene rings is 1. The van der Waals surface area contributed by atoms with Crippen molar-refractivity contribution in [2.24, 2.45) is 0 Å². The van der Waals surface area contributed by atoms with Crippen LogP contribution in [0.3, 0.4) is 0 Å². The number of nitrogen functional groups attached to an aromatic ring is 2. The Labute approximate surface area is 75.0 Å². The average Bonchev–Trinajstić information content (AvgIpc) is 2.61. The molecule has 1 aromatic heterocycles. The number of aromatic nitrogens is 3. The van der Waals surface area contributed by atoms with E-state index in [-0.39, 0.29) is 0 Å². The molecule has 1 aromatic carbocycles. The second-order valence-corrected chi connectivity index (χ2v) is 2.69. The fourth-order valence-electron chi connectivity index (χ4n) is 1.11. The Morgan fingerprint density at radius 2 is 1.77 bits per heavy atom. The zero-order chi connectivity index (χ0) is 9.26. The van der Waals surface area contributed by atoms with Crippen molar-refractivity contribution in [1.29, 1.82) is 0 Å². The standard InChI is InChI=1S/C8H9N5/c9-6-1-2-7(10)8(3-6)13-4-11-12-5-13/h1-5H,9-10H2. The second kappa shape index (κ2) is 2.78. The van der Waals surface area contributed by atoms with Crippen molar-refractivity contribution in [2.45, 2.75) is 0 Å². The molecule has 0 bridgehead atoms. The van der Waals surface area contributed by atoms with E-state index in [4.69, 9.17) is 11.5 Å². The van der Waals surface area contributed by atoms with Gasteiger partial charge in [-0.3, -0.25) is 4.57 Å². The predicted octanol–water partition coefficient (Wildman–Crippen LogP) is 0.432. The molecule has 4 N–H and O–H groups in total. The van der Waals surface area contributed by atoms with E-state index >= 15 is 0 Å². The summed E-state index contributed by atoms with van der Waals surface area (Å²) >= 11 is 0. The molecule has 0 spiro atoms. The molecule has 1 heterocycles. The van der Waals surface area contributed by atoms with Crippen LogP contribution in [0.5, 0.6) is 0 Å². The molecule has 0 aliphatic rings. The van der Waals surface area contributed by atoms with E-state index in [1.165, 1.54) is 0 Å². The van der Waals surface area contributed by atoms with Crippen molar-refractivity contribution in [3.63, 3.8) is 0 Å². The van der Waals surface area contributed by atoms with E-state index in [0.29, 0.717) is 11.4 Å². The molecule has 5 nitrogen and oxygen atoms in total. The third-order valence-electron chi connectivity index (χ3n) is 1.75. The van der Waals surface area contributed by atoms with Crippen LogP contribution in [0, 0.1) is 0 Å². The Balaban J connectivity index is 2.57. The van der Waals surface area contributed by atoms with Crippen LogP contribution in [0.1, 0.15) is 0 Å². The van der Waals surface area contributed by atoms with E-state index < -0.39 is 0 Å². The van der Waals surface area contributed by atoms with E-state index in [9.17, 15) is 0 Å². The summed E-state index contributed by atoms with van der Waals surface area (Å²) in [6.45, 7) is 0. The average molecular weight is 175 g/mol. The summed E-state index contributed by atoms with van der Waals surface area (Å²) < 4.78 is 1.71. The molecule has 0 radical (unpaired) electrons. The molecule has 0 unspecified atom stereocenters. The highest BCUT2D eigenvalue weighted by Crippen LogP contribution is 2.18. The maximum absolute atomic E-state index is 5.75. The van der Waals surface area contributed by atoms with E-state index in [1.54, 1.807) is 35.4 Å². The molecule has 5 heteroatoms. The van der Waals surface area contributed by atoms with Crippen LogP contribution in [0.25, 0.3) is 5.69 Å². The van der Waals surface area contributed by atoms with Crippen molar-refractivity contribution < 1.29 is 0 Å². The zero-order valence-corrected chi connectivity index (χ0v) is 6.88. The van der Waals surface area contributed by atoms with Crippen LogP contribution in [-0.2, 0) is 0 Å². The fourth-order valence-corrected chi connectivity index (χ4v) is 1.11. The minimum atomic E-state index is 0.647. The van der Waals surface area contributed by atoms with Crippen molar-refractivity contribution >= 4 is 11.4 Å². The van der Waals surface area contributed by atoms with Crippen LogP contribution < -0.4 is 11.5 Å². The third kappa shape index (κ3) is 1.31. The topological polar surface area (TPSA) is 82.8 Å². The lowest BCUT2D eigenvalue weighted by Gasteiger charge is -2.05. The summed E-state index contributed by atoms with van der Waals surface area (Å²) in [5, 5.41) is 7.37. The van der Waals surface area contributed by atoms with Crippen molar-refractivity contribution in [1.82, 2.24) is 14.8 Å². The molecule has 0 fully saturated rings. The predicted molar refractivity (Wildman–Crippen MR) is 50.2 cm³/mol. The monoisotopic (exact) mass is 175 g/mol. The molecule has 0 saturated carbocycles. The summed E-state index contributed by atoms with van der Waals surface area (Å²) in [7, 11) is 0. The van der Waals surface area contributed by atoms with Gasteiger partial charge in [0.2, 0.25) is 0 Å². The highest BCUT2D eigenvalue weighted by Gasteiger charge is 2.01. The van der Waals surface area contributed by atoms with E-state index in [1.807, 2.05) is 0 Å². The molecule has 66 valence electrons. The van der Waals surface area contributed by atoms with Gasteiger partial charge in [-0.05, 0) is 18.2 Å². The highest BCUT2D eigenvalue weighted by atomic mass is 15.2. The van der Waals surface area contributed by atoms with Gasteiger partial charge in [-0.2, -0.15) is 0 Å². The lowest BCUT2D eigenvalue weighted by atomic mass is 10.2. The Kier molecular flexibility index (Phi) is 1.63. The number of hydrogen-bond acceptors (Lipinski definition) is 4. The van der Waals surface area contributed by atoms with Crippen LogP contribution >= 0.6 is 0 Å². The molecule has 0 saturated heterocycles. The molecule has 0 amide bonds. The molecule has 0 aliphatic heterocycles. The maximum atomic E-state index is 5.75. The SMILES string of the molecule is Nc1ccc(N)c(-n2cnnc2)c1. The number of anilines is 2. The van der Waals surface area contributed by atoms with Gasteiger partial charge in [0.05, 0.1) is 11.4 Å². The summed E-state index contributed by atoms with van der Waals surface area (Å²) in [6.07, 6.45) is 3.15. The van der Waals surface area contributed by atoms with Crippen molar-refractivity contribution in [2.75, 3.05) is 11.5 Å². The molecule has 13 heavy (non-hydrogen) atoms. The highest BCUT2D eigenvalue weighted by molar-refractivity contribution is 5.63. The van der Waals surface area contributed by atoms with Gasteiger partial charge in [0, 0.05) is 5.69 Å². The molecule has 2 rings (SSSR count). The van der Waals surface area contributed by atoms with Gasteiger partial charge in [0.1, 0.15) is 12.7 Å². The molecular weight excluding hydrogens is 166 g/mol. The van der Waals surface area contributed by atoms with Gasteiger partial charge in [-0.25, -0.2) is 0 Å². The smallest absolute Gasteiger partial charge is 0.123 e. The fraction of sp³-hybridized carbons (Fsp3) is 0. The summed E-state index contributed by atoms with van der Waals surface area (Å²) in [6, 6.07) is 5.28. The first-order chi connectivity index (χ1) is 6.27. The van der Waals surface area contributed by atoms with Gasteiger partial charge < -0.3 is 11.5 Å². The molecule has 0 atom stereocenters. The van der Waals surface area contributed by atoms with Crippen molar-refractivity contribution in [3.8, 4) is 5.69 Å². The van der Waals surface area contributed by atoms with Crippen molar-refractivity contribution in [3.05, 3.63) is 30.9 Å². The summed E-state index contributed by atoms with van der Waals surface area (Å²) in [4.78, 5) is 0. The van der Waals surface area contributed by atoms with Gasteiger partial charge in [0.15, 0.2) is 0 Å². The Morgan fingerprint density at radius 3 is 2.46 bits per heavy atom. The van der Waals surface area contributed by atoms with Gasteiger partial charge in [-0.1, -0.05) is 0 Å². The minimum Gasteiger partial charge on any atom is -0.399 e. The normalized spacial score (nSPS) is 10.2. The minimum absolute atomic E-state index is 0.647. The second-order valence-electron chi connectivity index (χ2n) is 2.69. The summed E-state index contributed by atoms with van der Waals surface area (Å²) in [5.41, 5.74) is 13.5. The van der Waals surface area contributed by atoms with Gasteiger partial charge >= 0.3 is 0 Å². The quantitative estimate of drug-likeness (QED) is 0.616. The van der Waals surface area contributed by atoms with E-state index in [0.717, 1.165) is 5.69 Å². The summed E-state index contributed by atoms with van der Waals surface area (Å²) in [5.74, 6) is 0. The Morgan fingerprint density at radius 1 is 1.08 bits per heavy atom. The van der Waals surface area contributed by atoms with Gasteiger partial charge in [0.25, 0.3) is 0 Å². The van der Waals surface area contributed by atoms with Crippen LogP contribution in [0.4, 0.5) is 11.4 Å². The first-order valence-electron chi connectivity index (χ1n) is 3.77. The number of rotatable bonds is 1. The van der Waals surface area contributed by atoms with Gasteiger partial charge in [-0.15, -0.1) is 10.2 Å². The first kappa shape index (κ1) is 7.60. The van der Waals surface area contributed by atoms with Crippen LogP contribution in [0.15, 0.2) is 30.9 Å². The molecule has 0 aliphatic carbocycles. The van der Waals surface area contributed by atoms with E-state index in [2.05, 4.69) is 10.2 Å². The maximum Gasteiger partial charge on any atom is 0.123 e. The largest absolute Gasteiger partial charge is 0.399 e. The Hall–Kier alpha value is -2.04. The number of nitrogens with two attached hydrogens (primary N) is 2. The molecular formula is C8H9N5. The third-order valence-corrected chi connectivity index (χ3v) is 1.75. The van der Waals surface area contributed by atoms with Crippen LogP contribution in [0.2, 0.25) is 0 Å². The molecule has 2 aromatic rings. The number of nitrogens with zero attached hydrogens (tertiary/aromatic N) is 3. The first-order valence-corrected chi connectivity index (χ1v) is 3.77. The van der Waals surface area contributed by atoms with Crippen LogP contribution in [-0.4, -0.2) is 14.8 Å². The lowest BCUT2D eigenvalue weighted by molar-refractivity contribution is 1.06.